The van der Waals surface area contributed by atoms with Gasteiger partial charge in [-0.3, -0.25) is 0 Å². The van der Waals surface area contributed by atoms with Crippen molar-refractivity contribution in [1.29, 1.82) is 0 Å². The van der Waals surface area contributed by atoms with Crippen LogP contribution in [0.4, 0.5) is 11.6 Å². The molecular weight excluding hydrogens is 466 g/mol. The number of fused-ring (bicyclic) bond motifs is 2. The van der Waals surface area contributed by atoms with Gasteiger partial charge in [0.1, 0.15) is 0 Å². The van der Waals surface area contributed by atoms with E-state index in [1.165, 1.54) is 0 Å². The lowest BCUT2D eigenvalue weighted by molar-refractivity contribution is 0.465. The summed E-state index contributed by atoms with van der Waals surface area (Å²) in [6.45, 7) is 0.859. The number of aromatic nitrogens is 2. The van der Waals surface area contributed by atoms with E-state index >= 15 is 0 Å². The third-order valence-electron chi connectivity index (χ3n) is 3.10. The second-order valence-electron chi connectivity index (χ2n) is 4.60. The van der Waals surface area contributed by atoms with Gasteiger partial charge in [-0.1, -0.05) is 15.9 Å². The van der Waals surface area contributed by atoms with Crippen LogP contribution in [0.1, 0.15) is 12.8 Å². The van der Waals surface area contributed by atoms with Crippen molar-refractivity contribution >= 4 is 59.4 Å². The Morgan fingerprint density at radius 3 is 2.05 bits per heavy atom. The van der Waals surface area contributed by atoms with Crippen molar-refractivity contribution < 1.29 is 4.74 Å². The van der Waals surface area contributed by atoms with Crippen molar-refractivity contribution in [3.63, 3.8) is 0 Å². The van der Waals surface area contributed by atoms with Gasteiger partial charge in [0, 0.05) is 45.3 Å². The van der Waals surface area contributed by atoms with Gasteiger partial charge in [0.25, 0.3) is 0 Å². The Bertz CT molecular complexity index is 614. The molecule has 2 aromatic rings. The molecule has 1 aliphatic heterocycles. The molecule has 1 aliphatic rings. The van der Waals surface area contributed by atoms with Gasteiger partial charge in [0.05, 0.1) is 0 Å². The molecule has 21 heavy (non-hydrogen) atoms. The first-order valence-corrected chi connectivity index (χ1v) is 9.22. The van der Waals surface area contributed by atoms with Crippen molar-refractivity contribution in [1.82, 2.24) is 9.97 Å². The number of halogens is 3. The van der Waals surface area contributed by atoms with Gasteiger partial charge in [-0.15, -0.1) is 0 Å². The zero-order chi connectivity index (χ0) is 14.8. The molecule has 0 aliphatic carbocycles. The molecule has 0 aromatic carbocycles. The fourth-order valence-corrected chi connectivity index (χ4v) is 3.19. The first-order chi connectivity index (χ1) is 10.2. The van der Waals surface area contributed by atoms with Crippen LogP contribution >= 0.6 is 47.8 Å². The number of ether oxygens (including phenoxy) is 1. The molecule has 0 bridgehead atoms. The van der Waals surface area contributed by atoms with Crippen molar-refractivity contribution in [3.05, 3.63) is 33.5 Å². The van der Waals surface area contributed by atoms with Gasteiger partial charge in [0.2, 0.25) is 0 Å². The number of pyridine rings is 2. The Morgan fingerprint density at radius 2 is 1.52 bits per heavy atom. The summed E-state index contributed by atoms with van der Waals surface area (Å²) < 4.78 is 7.73. The maximum absolute atomic E-state index is 5.94. The predicted molar refractivity (Wildman–Crippen MR) is 94.0 cm³/mol. The summed E-state index contributed by atoms with van der Waals surface area (Å²) in [4.78, 5) is 11.1. The monoisotopic (exact) mass is 475 g/mol. The number of hydrogen-bond acceptors (Lipinski definition) is 4. The minimum atomic E-state index is 0.746. The van der Waals surface area contributed by atoms with Crippen molar-refractivity contribution in [2.75, 3.05) is 16.8 Å². The smallest absolute Gasteiger partial charge is 0.177 e. The third kappa shape index (κ3) is 3.24. The minimum absolute atomic E-state index is 0.746. The Hall–Kier alpha value is -0.660. The van der Waals surface area contributed by atoms with E-state index in [0.717, 1.165) is 56.8 Å². The SMILES string of the molecule is BrCCCCN1c2ncc(Br)cc2Oc2cc(Br)cnc21. The number of anilines is 2. The number of unbranched alkanes of at least 4 members (excludes halogenated alkanes) is 1. The van der Waals surface area contributed by atoms with E-state index in [9.17, 15) is 0 Å². The lowest BCUT2D eigenvalue weighted by atomic mass is 10.2. The highest BCUT2D eigenvalue weighted by molar-refractivity contribution is 9.10. The maximum Gasteiger partial charge on any atom is 0.177 e. The molecule has 0 unspecified atom stereocenters. The van der Waals surface area contributed by atoms with Crippen molar-refractivity contribution in [2.24, 2.45) is 0 Å². The van der Waals surface area contributed by atoms with Gasteiger partial charge in [-0.05, 0) is 44.7 Å². The number of hydrogen-bond donors (Lipinski definition) is 0. The van der Waals surface area contributed by atoms with Crippen LogP contribution in [0, 0.1) is 0 Å². The van der Waals surface area contributed by atoms with Crippen LogP contribution in [-0.4, -0.2) is 21.8 Å². The molecule has 0 saturated carbocycles. The topological polar surface area (TPSA) is 38.2 Å². The fraction of sp³-hybridized carbons (Fsp3) is 0.286. The van der Waals surface area contributed by atoms with Crippen LogP contribution in [-0.2, 0) is 0 Å². The fourth-order valence-electron chi connectivity index (χ4n) is 2.18. The Labute approximate surface area is 148 Å². The van der Waals surface area contributed by atoms with E-state index in [2.05, 4.69) is 62.7 Å². The summed E-state index contributed by atoms with van der Waals surface area (Å²) in [5, 5.41) is 0.999. The van der Waals surface area contributed by atoms with Crippen LogP contribution in [0.5, 0.6) is 11.5 Å². The molecule has 3 rings (SSSR count). The summed E-state index contributed by atoms with van der Waals surface area (Å²) in [5.41, 5.74) is 0. The molecule has 7 heteroatoms. The van der Waals surface area contributed by atoms with E-state index in [0.29, 0.717) is 0 Å². The Balaban J connectivity index is 2.01. The highest BCUT2D eigenvalue weighted by Gasteiger charge is 2.27. The molecule has 0 saturated heterocycles. The molecular formula is C14H12Br3N3O. The number of nitrogens with zero attached hydrogens (tertiary/aromatic N) is 3. The predicted octanol–water partition coefficient (Wildman–Crippen LogP) is 5.42. The van der Waals surface area contributed by atoms with Gasteiger partial charge in [-0.25, -0.2) is 9.97 Å². The van der Waals surface area contributed by atoms with E-state index in [-0.39, 0.29) is 0 Å². The highest BCUT2D eigenvalue weighted by Crippen LogP contribution is 2.45. The summed E-state index contributed by atoms with van der Waals surface area (Å²) in [6, 6.07) is 3.87. The normalized spacial score (nSPS) is 12.6. The molecule has 3 heterocycles. The van der Waals surface area contributed by atoms with Gasteiger partial charge < -0.3 is 9.64 Å². The molecule has 0 amide bonds. The average Bonchev–Trinajstić information content (AvgIpc) is 2.46. The van der Waals surface area contributed by atoms with E-state index in [1.54, 1.807) is 12.4 Å². The molecule has 110 valence electrons. The van der Waals surface area contributed by atoms with Gasteiger partial charge in [-0.2, -0.15) is 0 Å². The molecule has 4 nitrogen and oxygen atoms in total. The number of rotatable bonds is 4. The van der Waals surface area contributed by atoms with E-state index in [1.807, 2.05) is 12.1 Å². The van der Waals surface area contributed by atoms with Gasteiger partial charge >= 0.3 is 0 Å². The van der Waals surface area contributed by atoms with Crippen molar-refractivity contribution in [3.8, 4) is 11.5 Å². The molecule has 0 N–H and O–H groups in total. The maximum atomic E-state index is 5.94. The lowest BCUT2D eigenvalue weighted by Gasteiger charge is -2.30. The first-order valence-electron chi connectivity index (χ1n) is 6.51. The molecule has 0 spiro atoms. The third-order valence-corrected chi connectivity index (χ3v) is 4.52. The summed E-state index contributed by atoms with van der Waals surface area (Å²) in [7, 11) is 0. The molecule has 0 radical (unpaired) electrons. The Kier molecular flexibility index (Phi) is 4.81. The second-order valence-corrected chi connectivity index (χ2v) is 7.22. The molecule has 2 aromatic heterocycles. The Morgan fingerprint density at radius 1 is 0.952 bits per heavy atom. The number of alkyl halides is 1. The van der Waals surface area contributed by atoms with Crippen LogP contribution in [0.15, 0.2) is 33.5 Å². The quantitative estimate of drug-likeness (QED) is 0.435. The minimum Gasteiger partial charge on any atom is -0.449 e. The van der Waals surface area contributed by atoms with Gasteiger partial charge in [0.15, 0.2) is 23.1 Å². The second kappa shape index (κ2) is 6.62. The van der Waals surface area contributed by atoms with Crippen LogP contribution in [0.2, 0.25) is 0 Å². The summed E-state index contributed by atoms with van der Waals surface area (Å²) in [5.74, 6) is 3.12. The zero-order valence-electron chi connectivity index (χ0n) is 11.0. The van der Waals surface area contributed by atoms with E-state index < -0.39 is 0 Å². The van der Waals surface area contributed by atoms with Crippen LogP contribution in [0.3, 0.4) is 0 Å². The molecule has 0 fully saturated rings. The summed E-state index contributed by atoms with van der Waals surface area (Å²) in [6.07, 6.45) is 5.72. The summed E-state index contributed by atoms with van der Waals surface area (Å²) >= 11 is 10.3. The van der Waals surface area contributed by atoms with E-state index in [4.69, 9.17) is 4.74 Å². The zero-order valence-corrected chi connectivity index (χ0v) is 15.8. The van der Waals surface area contributed by atoms with Crippen molar-refractivity contribution in [2.45, 2.75) is 12.8 Å². The first kappa shape index (κ1) is 15.2. The van der Waals surface area contributed by atoms with Crippen LogP contribution in [0.25, 0.3) is 0 Å². The molecule has 0 atom stereocenters. The largest absolute Gasteiger partial charge is 0.449 e. The highest BCUT2D eigenvalue weighted by atomic mass is 79.9. The van der Waals surface area contributed by atoms with Crippen LogP contribution < -0.4 is 9.64 Å². The average molecular weight is 478 g/mol. The standard InChI is InChI=1S/C14H12Br3N3O/c15-3-1-2-4-20-13-11(5-9(16)7-18-13)21-12-6-10(17)8-19-14(12)20/h5-8H,1-4H2. The lowest BCUT2D eigenvalue weighted by Crippen LogP contribution is -2.24.